The van der Waals surface area contributed by atoms with Crippen molar-refractivity contribution >= 4 is 23.2 Å². The number of rotatable bonds is 4. The van der Waals surface area contributed by atoms with Crippen LogP contribution in [0.3, 0.4) is 0 Å². The fraction of sp³-hybridized carbons (Fsp3) is 0.357. The Balaban J connectivity index is 2.27. The number of furan rings is 1. The van der Waals surface area contributed by atoms with E-state index in [0.717, 1.165) is 0 Å². The third kappa shape index (κ3) is 3.49. The van der Waals surface area contributed by atoms with Crippen LogP contribution >= 0.6 is 11.3 Å². The van der Waals surface area contributed by atoms with E-state index < -0.39 is 17.4 Å². The van der Waals surface area contributed by atoms with Crippen molar-refractivity contribution in [2.45, 2.75) is 26.3 Å². The molecule has 0 atom stereocenters. The zero-order valence-electron chi connectivity index (χ0n) is 12.0. The number of carboxylic acids is 1. The van der Waals surface area contributed by atoms with Gasteiger partial charge in [-0.1, -0.05) is 0 Å². The van der Waals surface area contributed by atoms with E-state index in [1.807, 2.05) is 0 Å². The second kappa shape index (κ2) is 5.69. The van der Waals surface area contributed by atoms with Crippen molar-refractivity contribution in [3.05, 3.63) is 29.5 Å². The van der Waals surface area contributed by atoms with Crippen molar-refractivity contribution < 1.29 is 19.1 Å². The Labute approximate surface area is 126 Å². The summed E-state index contributed by atoms with van der Waals surface area (Å²) in [4.78, 5) is 29.0. The van der Waals surface area contributed by atoms with E-state index in [2.05, 4.69) is 4.98 Å². The molecule has 2 heterocycles. The number of aliphatic carboxylic acids is 1. The zero-order chi connectivity index (χ0) is 15.6. The number of carbonyl (C=O) groups excluding carboxylic acids is 1. The molecule has 0 saturated heterocycles. The summed E-state index contributed by atoms with van der Waals surface area (Å²) in [5.74, 6) is -0.877. The molecule has 1 N–H and O–H groups in total. The highest BCUT2D eigenvalue weighted by atomic mass is 32.1. The van der Waals surface area contributed by atoms with Crippen LogP contribution in [0.4, 0.5) is 0 Å². The standard InChI is InChI=1S/C14H16N2O4S/c1-14(2,3)16(7-11(17)18)13(19)9-8-21-12(15-9)10-5-4-6-20-10/h4-6,8H,7H2,1-3H3,(H,17,18). The lowest BCUT2D eigenvalue weighted by molar-refractivity contribution is -0.138. The number of hydrogen-bond donors (Lipinski definition) is 1. The van der Waals surface area contributed by atoms with Crippen molar-refractivity contribution in [3.63, 3.8) is 0 Å². The van der Waals surface area contributed by atoms with Crippen LogP contribution in [0.5, 0.6) is 0 Å². The summed E-state index contributed by atoms with van der Waals surface area (Å²) in [5.41, 5.74) is -0.383. The second-order valence-corrected chi connectivity index (χ2v) is 6.33. The maximum atomic E-state index is 12.5. The number of aromatic nitrogens is 1. The molecular weight excluding hydrogens is 292 g/mol. The first kappa shape index (κ1) is 15.2. The Bertz CT molecular complexity index is 640. The summed E-state index contributed by atoms with van der Waals surface area (Å²) < 4.78 is 5.23. The minimum absolute atomic E-state index is 0.225. The summed E-state index contributed by atoms with van der Waals surface area (Å²) in [6.07, 6.45) is 1.53. The van der Waals surface area contributed by atoms with Crippen LogP contribution in [0, 0.1) is 0 Å². The van der Waals surface area contributed by atoms with Gasteiger partial charge in [0.2, 0.25) is 0 Å². The lowest BCUT2D eigenvalue weighted by Gasteiger charge is -2.33. The normalized spacial score (nSPS) is 11.4. The number of carbonyl (C=O) groups is 2. The lowest BCUT2D eigenvalue weighted by atomic mass is 10.1. The topological polar surface area (TPSA) is 83.6 Å². The molecule has 21 heavy (non-hydrogen) atoms. The maximum Gasteiger partial charge on any atom is 0.323 e. The summed E-state index contributed by atoms with van der Waals surface area (Å²) in [7, 11) is 0. The fourth-order valence-corrected chi connectivity index (χ4v) is 2.53. The van der Waals surface area contributed by atoms with Gasteiger partial charge in [0.15, 0.2) is 10.8 Å². The summed E-state index contributed by atoms with van der Waals surface area (Å²) in [5, 5.41) is 11.2. The Morgan fingerprint density at radius 1 is 1.43 bits per heavy atom. The molecule has 0 spiro atoms. The molecule has 7 heteroatoms. The van der Waals surface area contributed by atoms with Crippen LogP contribution < -0.4 is 0 Å². The molecule has 0 fully saturated rings. The van der Waals surface area contributed by atoms with Gasteiger partial charge in [-0.15, -0.1) is 11.3 Å². The largest absolute Gasteiger partial charge is 0.480 e. The molecule has 0 aliphatic heterocycles. The van der Waals surface area contributed by atoms with Crippen LogP contribution in [0.25, 0.3) is 10.8 Å². The van der Waals surface area contributed by atoms with Crippen LogP contribution in [0.2, 0.25) is 0 Å². The van der Waals surface area contributed by atoms with Crippen LogP contribution in [0.15, 0.2) is 28.2 Å². The Morgan fingerprint density at radius 3 is 2.67 bits per heavy atom. The van der Waals surface area contributed by atoms with Crippen LogP contribution in [-0.2, 0) is 4.79 Å². The number of hydrogen-bond acceptors (Lipinski definition) is 5. The molecule has 0 aliphatic carbocycles. The monoisotopic (exact) mass is 308 g/mol. The molecule has 2 aromatic heterocycles. The molecular formula is C14H16N2O4S. The average molecular weight is 308 g/mol. The fourth-order valence-electron chi connectivity index (χ4n) is 1.77. The maximum absolute atomic E-state index is 12.5. The van der Waals surface area contributed by atoms with Crippen molar-refractivity contribution in [3.8, 4) is 10.8 Å². The number of amides is 1. The predicted octanol–water partition coefficient (Wildman–Crippen LogP) is 2.73. The minimum Gasteiger partial charge on any atom is -0.480 e. The van der Waals surface area contributed by atoms with E-state index in [1.165, 1.54) is 22.5 Å². The summed E-state index contributed by atoms with van der Waals surface area (Å²) in [6, 6.07) is 3.50. The van der Waals surface area contributed by atoms with Gasteiger partial charge in [0.25, 0.3) is 5.91 Å². The first-order valence-electron chi connectivity index (χ1n) is 6.32. The summed E-state index contributed by atoms with van der Waals surface area (Å²) >= 11 is 1.28. The smallest absolute Gasteiger partial charge is 0.323 e. The highest BCUT2D eigenvalue weighted by Gasteiger charge is 2.30. The third-order valence-electron chi connectivity index (χ3n) is 2.80. The number of thiazole rings is 1. The third-order valence-corrected chi connectivity index (χ3v) is 3.66. The predicted molar refractivity (Wildman–Crippen MR) is 78.2 cm³/mol. The summed E-state index contributed by atoms with van der Waals surface area (Å²) in [6.45, 7) is 4.99. The highest BCUT2D eigenvalue weighted by Crippen LogP contribution is 2.25. The van der Waals surface area contributed by atoms with Gasteiger partial charge in [-0.25, -0.2) is 4.98 Å². The average Bonchev–Trinajstić information content (AvgIpc) is 3.03. The van der Waals surface area contributed by atoms with E-state index in [9.17, 15) is 9.59 Å². The van der Waals surface area contributed by atoms with E-state index in [1.54, 1.807) is 38.3 Å². The van der Waals surface area contributed by atoms with Gasteiger partial charge in [0.1, 0.15) is 12.2 Å². The second-order valence-electron chi connectivity index (χ2n) is 5.47. The van der Waals surface area contributed by atoms with Crippen molar-refractivity contribution in [1.82, 2.24) is 9.88 Å². The molecule has 2 rings (SSSR count). The van der Waals surface area contributed by atoms with E-state index in [0.29, 0.717) is 10.8 Å². The van der Waals surface area contributed by atoms with Gasteiger partial charge in [0.05, 0.1) is 6.26 Å². The van der Waals surface area contributed by atoms with Gasteiger partial charge in [-0.3, -0.25) is 9.59 Å². The molecule has 1 amide bonds. The Morgan fingerprint density at radius 2 is 2.14 bits per heavy atom. The van der Waals surface area contributed by atoms with Crippen molar-refractivity contribution in [1.29, 1.82) is 0 Å². The van der Waals surface area contributed by atoms with Gasteiger partial charge in [-0.2, -0.15) is 0 Å². The number of nitrogens with zero attached hydrogens (tertiary/aromatic N) is 2. The molecule has 0 unspecified atom stereocenters. The molecule has 2 aromatic rings. The van der Waals surface area contributed by atoms with E-state index in [-0.39, 0.29) is 12.2 Å². The van der Waals surface area contributed by atoms with Crippen molar-refractivity contribution in [2.75, 3.05) is 6.54 Å². The molecule has 112 valence electrons. The van der Waals surface area contributed by atoms with Crippen LogP contribution in [-0.4, -0.2) is 39.0 Å². The van der Waals surface area contributed by atoms with E-state index >= 15 is 0 Å². The molecule has 6 nitrogen and oxygen atoms in total. The SMILES string of the molecule is CC(C)(C)N(CC(=O)O)C(=O)c1csc(-c2ccco2)n1. The Hall–Kier alpha value is -2.15. The van der Waals surface area contributed by atoms with Gasteiger partial charge < -0.3 is 14.4 Å². The highest BCUT2D eigenvalue weighted by molar-refractivity contribution is 7.13. The first-order valence-corrected chi connectivity index (χ1v) is 7.20. The zero-order valence-corrected chi connectivity index (χ0v) is 12.8. The first-order chi connectivity index (χ1) is 9.79. The minimum atomic E-state index is -1.06. The molecule has 0 aliphatic rings. The van der Waals surface area contributed by atoms with Gasteiger partial charge in [-0.05, 0) is 32.9 Å². The van der Waals surface area contributed by atoms with Gasteiger partial charge >= 0.3 is 5.97 Å². The quantitative estimate of drug-likeness (QED) is 0.939. The molecule has 0 aromatic carbocycles. The molecule has 0 saturated carbocycles. The lowest BCUT2D eigenvalue weighted by Crippen LogP contribution is -2.48. The van der Waals surface area contributed by atoms with Crippen molar-refractivity contribution in [2.24, 2.45) is 0 Å². The van der Waals surface area contributed by atoms with E-state index in [4.69, 9.17) is 9.52 Å². The molecule has 0 radical (unpaired) electrons. The number of carboxylic acid groups (broad SMARTS) is 1. The Kier molecular flexibility index (Phi) is 4.13. The molecule has 0 bridgehead atoms. The van der Waals surface area contributed by atoms with Crippen LogP contribution in [0.1, 0.15) is 31.3 Å². The van der Waals surface area contributed by atoms with Gasteiger partial charge in [0, 0.05) is 10.9 Å².